The third-order valence-corrected chi connectivity index (χ3v) is 4.30. The molecule has 0 aliphatic heterocycles. The summed E-state index contributed by atoms with van der Waals surface area (Å²) in [4.78, 5) is 11.9. The van der Waals surface area contributed by atoms with Crippen LogP contribution in [0.4, 0.5) is 5.69 Å². The summed E-state index contributed by atoms with van der Waals surface area (Å²) in [6.45, 7) is 3.97. The van der Waals surface area contributed by atoms with Gasteiger partial charge in [-0.15, -0.1) is 0 Å². The number of nitrogens with zero attached hydrogens (tertiary/aromatic N) is 3. The molecule has 0 aliphatic rings. The number of hydrogen-bond donors (Lipinski definition) is 2. The molecule has 0 spiro atoms. The summed E-state index contributed by atoms with van der Waals surface area (Å²) in [5.41, 5.74) is 6.77. The van der Waals surface area contributed by atoms with E-state index in [1.807, 2.05) is 68.4 Å². The van der Waals surface area contributed by atoms with Crippen molar-refractivity contribution in [2.45, 2.75) is 13.8 Å². The summed E-state index contributed by atoms with van der Waals surface area (Å²) in [7, 11) is 0. The van der Waals surface area contributed by atoms with E-state index in [9.17, 15) is 4.79 Å². The molecule has 0 unspecified atom stereocenters. The van der Waals surface area contributed by atoms with Crippen LogP contribution in [0.5, 0.6) is 0 Å². The van der Waals surface area contributed by atoms with Gasteiger partial charge in [-0.3, -0.25) is 4.79 Å². The highest BCUT2D eigenvalue weighted by Gasteiger charge is 2.13. The molecule has 138 valence electrons. The second-order valence-electron chi connectivity index (χ2n) is 6.05. The van der Waals surface area contributed by atoms with E-state index < -0.39 is 0 Å². The lowest BCUT2D eigenvalue weighted by Crippen LogP contribution is -2.25. The minimum Gasteiger partial charge on any atom is -0.376 e. The Morgan fingerprint density at radius 2 is 1.85 bits per heavy atom. The fourth-order valence-electron chi connectivity index (χ4n) is 2.46. The monoisotopic (exact) mass is 381 g/mol. The summed E-state index contributed by atoms with van der Waals surface area (Å²) in [6.07, 6.45) is 1.51. The van der Waals surface area contributed by atoms with Crippen LogP contribution in [-0.2, 0) is 4.79 Å². The zero-order chi connectivity index (χ0) is 19.2. The zero-order valence-corrected chi connectivity index (χ0v) is 15.9. The Balaban J connectivity index is 1.60. The zero-order valence-electron chi connectivity index (χ0n) is 15.1. The number of hydrazone groups is 1. The highest BCUT2D eigenvalue weighted by atomic mass is 35.5. The van der Waals surface area contributed by atoms with E-state index in [-0.39, 0.29) is 12.5 Å². The Labute approximate surface area is 162 Å². The van der Waals surface area contributed by atoms with E-state index in [1.54, 1.807) is 4.68 Å². The van der Waals surface area contributed by atoms with Crippen molar-refractivity contribution in [3.05, 3.63) is 76.6 Å². The van der Waals surface area contributed by atoms with Crippen molar-refractivity contribution in [2.24, 2.45) is 5.10 Å². The van der Waals surface area contributed by atoms with Crippen LogP contribution < -0.4 is 10.7 Å². The number of nitrogens with one attached hydrogen (secondary N) is 2. The number of anilines is 1. The lowest BCUT2D eigenvalue weighted by molar-refractivity contribution is -0.119. The third-order valence-electron chi connectivity index (χ3n) is 3.94. The van der Waals surface area contributed by atoms with Gasteiger partial charge in [0.25, 0.3) is 5.91 Å². The second kappa shape index (κ2) is 8.51. The van der Waals surface area contributed by atoms with Gasteiger partial charge < -0.3 is 5.32 Å². The van der Waals surface area contributed by atoms with Crippen molar-refractivity contribution in [3.63, 3.8) is 0 Å². The average Bonchev–Trinajstić information content (AvgIpc) is 2.96. The van der Waals surface area contributed by atoms with Crippen molar-refractivity contribution in [1.82, 2.24) is 15.2 Å². The van der Waals surface area contributed by atoms with Gasteiger partial charge in [-0.2, -0.15) is 10.2 Å². The number of carbonyl (C=O) groups is 1. The fraction of sp³-hybridized carbons (Fsp3) is 0.150. The summed E-state index contributed by atoms with van der Waals surface area (Å²) in [6, 6.07) is 17.4. The quantitative estimate of drug-likeness (QED) is 0.505. The van der Waals surface area contributed by atoms with Crippen molar-refractivity contribution in [1.29, 1.82) is 0 Å². The normalized spacial score (nSPS) is 10.9. The highest BCUT2D eigenvalue weighted by Crippen LogP contribution is 2.21. The first-order valence-corrected chi connectivity index (χ1v) is 8.85. The molecule has 27 heavy (non-hydrogen) atoms. The van der Waals surface area contributed by atoms with Crippen LogP contribution in [0.1, 0.15) is 16.8 Å². The van der Waals surface area contributed by atoms with Gasteiger partial charge in [-0.1, -0.05) is 47.5 Å². The average molecular weight is 382 g/mol. The van der Waals surface area contributed by atoms with Crippen LogP contribution >= 0.6 is 11.6 Å². The molecule has 7 heteroatoms. The van der Waals surface area contributed by atoms with Gasteiger partial charge in [0.05, 0.1) is 29.7 Å². The van der Waals surface area contributed by atoms with Gasteiger partial charge in [0.2, 0.25) is 0 Å². The number of aryl methyl sites for hydroxylation is 2. The second-order valence-corrected chi connectivity index (χ2v) is 6.41. The minimum absolute atomic E-state index is 0.121. The van der Waals surface area contributed by atoms with Crippen molar-refractivity contribution in [2.75, 3.05) is 11.9 Å². The summed E-state index contributed by atoms with van der Waals surface area (Å²) >= 11 is 6.42. The number of halogens is 1. The third kappa shape index (κ3) is 4.74. The Hall–Kier alpha value is -3.12. The smallest absolute Gasteiger partial charge is 0.259 e. The molecule has 2 N–H and O–H groups in total. The van der Waals surface area contributed by atoms with Gasteiger partial charge >= 0.3 is 0 Å². The van der Waals surface area contributed by atoms with Crippen LogP contribution in [0.25, 0.3) is 5.69 Å². The molecule has 2 aromatic carbocycles. The first-order chi connectivity index (χ1) is 13.0. The molecule has 3 aromatic rings. The maximum Gasteiger partial charge on any atom is 0.259 e. The van der Waals surface area contributed by atoms with Crippen LogP contribution in [-0.4, -0.2) is 28.4 Å². The maximum absolute atomic E-state index is 11.9. The van der Waals surface area contributed by atoms with E-state index >= 15 is 0 Å². The highest BCUT2D eigenvalue weighted by molar-refractivity contribution is 6.32. The van der Waals surface area contributed by atoms with Gasteiger partial charge in [0, 0.05) is 5.69 Å². The van der Waals surface area contributed by atoms with Crippen molar-refractivity contribution >= 4 is 29.4 Å². The molecule has 0 radical (unpaired) electrons. The molecule has 0 saturated heterocycles. The molecule has 0 fully saturated rings. The number of carbonyl (C=O) groups excluding carboxylic acids is 1. The van der Waals surface area contributed by atoms with E-state index in [0.717, 1.165) is 22.6 Å². The predicted molar refractivity (Wildman–Crippen MR) is 109 cm³/mol. The molecule has 0 atom stereocenters. The molecule has 6 nitrogen and oxygen atoms in total. The molecule has 0 saturated carbocycles. The topological polar surface area (TPSA) is 71.3 Å². The van der Waals surface area contributed by atoms with E-state index in [4.69, 9.17) is 11.6 Å². The van der Waals surface area contributed by atoms with Crippen LogP contribution in [0, 0.1) is 13.8 Å². The Morgan fingerprint density at radius 3 is 2.56 bits per heavy atom. The molecular formula is C20H20ClN5O. The fourth-order valence-corrected chi connectivity index (χ4v) is 2.78. The SMILES string of the molecule is Cc1ccc(NCC(=O)N/N=C/c2c(C)nn(-c3ccccc3)c2Cl)cc1. The largest absolute Gasteiger partial charge is 0.376 e. The van der Waals surface area contributed by atoms with Crippen molar-refractivity contribution in [3.8, 4) is 5.69 Å². The molecule has 1 amide bonds. The first-order valence-electron chi connectivity index (χ1n) is 8.47. The molecule has 0 aliphatic carbocycles. The Bertz CT molecular complexity index is 949. The van der Waals surface area contributed by atoms with E-state index in [2.05, 4.69) is 20.9 Å². The van der Waals surface area contributed by atoms with Gasteiger partial charge in [0.1, 0.15) is 5.15 Å². The molecule has 3 rings (SSSR count). The molecular weight excluding hydrogens is 362 g/mol. The minimum atomic E-state index is -0.254. The van der Waals surface area contributed by atoms with Gasteiger partial charge in [-0.05, 0) is 38.1 Å². The number of hydrogen-bond acceptors (Lipinski definition) is 4. The number of rotatable bonds is 6. The van der Waals surface area contributed by atoms with E-state index in [0.29, 0.717) is 10.7 Å². The van der Waals surface area contributed by atoms with Crippen LogP contribution in [0.3, 0.4) is 0 Å². The van der Waals surface area contributed by atoms with Crippen molar-refractivity contribution < 1.29 is 4.79 Å². The molecule has 1 aromatic heterocycles. The summed E-state index contributed by atoms with van der Waals surface area (Å²) < 4.78 is 1.64. The number of aromatic nitrogens is 2. The van der Waals surface area contributed by atoms with Crippen LogP contribution in [0.15, 0.2) is 59.7 Å². The number of para-hydroxylation sites is 1. The standard InChI is InChI=1S/C20H20ClN5O/c1-14-8-10-16(11-9-14)22-13-19(27)24-23-12-18-15(2)25-26(20(18)21)17-6-4-3-5-7-17/h3-12,22H,13H2,1-2H3,(H,24,27)/b23-12+. The summed E-state index contributed by atoms with van der Waals surface area (Å²) in [5, 5.41) is 11.9. The van der Waals surface area contributed by atoms with Gasteiger partial charge in [0.15, 0.2) is 0 Å². The Kier molecular flexibility index (Phi) is 5.88. The maximum atomic E-state index is 11.9. The summed E-state index contributed by atoms with van der Waals surface area (Å²) in [5.74, 6) is -0.254. The number of amides is 1. The van der Waals surface area contributed by atoms with E-state index in [1.165, 1.54) is 6.21 Å². The predicted octanol–water partition coefficient (Wildman–Crippen LogP) is 3.70. The number of benzene rings is 2. The lowest BCUT2D eigenvalue weighted by Gasteiger charge is -2.05. The lowest BCUT2D eigenvalue weighted by atomic mass is 10.2. The molecule has 0 bridgehead atoms. The van der Waals surface area contributed by atoms with Crippen LogP contribution in [0.2, 0.25) is 5.15 Å². The Morgan fingerprint density at radius 1 is 1.15 bits per heavy atom. The first kappa shape index (κ1) is 18.7. The molecule has 1 heterocycles. The van der Waals surface area contributed by atoms with Gasteiger partial charge in [-0.25, -0.2) is 10.1 Å².